The van der Waals surface area contributed by atoms with Crippen molar-refractivity contribution in [2.24, 2.45) is 0 Å². The lowest BCUT2D eigenvalue weighted by Gasteiger charge is -2.02. The van der Waals surface area contributed by atoms with Gasteiger partial charge in [0, 0.05) is 6.42 Å². The topological polar surface area (TPSA) is 98.4 Å². The van der Waals surface area contributed by atoms with E-state index in [1.165, 1.54) is 18.2 Å². The third kappa shape index (κ3) is 2.82. The summed E-state index contributed by atoms with van der Waals surface area (Å²) in [5, 5.41) is 26.4. The van der Waals surface area contributed by atoms with E-state index < -0.39 is 11.8 Å². The molecule has 0 aromatic heterocycles. The van der Waals surface area contributed by atoms with Gasteiger partial charge in [-0.25, -0.2) is 0 Å². The van der Waals surface area contributed by atoms with Gasteiger partial charge in [-0.05, 0) is 18.2 Å². The highest BCUT2D eigenvalue weighted by Crippen LogP contribution is 2.20. The van der Waals surface area contributed by atoms with Crippen molar-refractivity contribution >= 4 is 11.8 Å². The van der Waals surface area contributed by atoms with Crippen molar-refractivity contribution in [2.45, 2.75) is 12.8 Å². The van der Waals surface area contributed by atoms with Gasteiger partial charge in [-0.3, -0.25) is 9.59 Å². The van der Waals surface area contributed by atoms with Crippen LogP contribution in [0.25, 0.3) is 0 Å². The number of carbonyl (C=O) groups is 2. The molecule has 5 nitrogen and oxygen atoms in total. The van der Waals surface area contributed by atoms with Gasteiger partial charge in [0.15, 0.2) is 5.78 Å². The second-order valence-corrected chi connectivity index (χ2v) is 3.16. The zero-order valence-electron chi connectivity index (χ0n) is 8.30. The standard InChI is InChI=1S/C11H9NO4/c12-6-7-1-2-9(13)8(5-7)10(14)3-4-11(15)16/h1-2,5,13H,3-4H2,(H,15,16). The molecule has 0 aliphatic heterocycles. The average Bonchev–Trinajstić information content (AvgIpc) is 2.26. The molecule has 0 amide bonds. The number of nitriles is 1. The molecule has 0 saturated heterocycles. The summed E-state index contributed by atoms with van der Waals surface area (Å²) in [7, 11) is 0. The number of aromatic hydroxyl groups is 1. The van der Waals surface area contributed by atoms with Crippen LogP contribution in [-0.4, -0.2) is 22.0 Å². The van der Waals surface area contributed by atoms with Crippen LogP contribution in [0.5, 0.6) is 5.75 Å². The van der Waals surface area contributed by atoms with E-state index in [1.807, 2.05) is 6.07 Å². The lowest BCUT2D eigenvalue weighted by Crippen LogP contribution is -2.04. The molecule has 0 atom stereocenters. The van der Waals surface area contributed by atoms with Crippen LogP contribution in [0.1, 0.15) is 28.8 Å². The molecule has 2 N–H and O–H groups in total. The molecular weight excluding hydrogens is 210 g/mol. The maximum atomic E-state index is 11.5. The number of phenolic OH excluding ortho intramolecular Hbond substituents is 1. The van der Waals surface area contributed by atoms with Crippen LogP contribution in [0, 0.1) is 11.3 Å². The van der Waals surface area contributed by atoms with Crippen LogP contribution in [-0.2, 0) is 4.79 Å². The highest BCUT2D eigenvalue weighted by atomic mass is 16.4. The number of hydrogen-bond donors (Lipinski definition) is 2. The number of hydrogen-bond acceptors (Lipinski definition) is 4. The fourth-order valence-corrected chi connectivity index (χ4v) is 1.18. The molecule has 16 heavy (non-hydrogen) atoms. The summed E-state index contributed by atoms with van der Waals surface area (Å²) in [6.45, 7) is 0. The number of aliphatic carboxylic acids is 1. The first-order valence-electron chi connectivity index (χ1n) is 4.52. The Morgan fingerprint density at radius 3 is 2.56 bits per heavy atom. The Hall–Kier alpha value is -2.35. The minimum atomic E-state index is -1.08. The molecule has 0 aliphatic carbocycles. The predicted octanol–water partition coefficient (Wildman–Crippen LogP) is 1.31. The molecule has 5 heteroatoms. The van der Waals surface area contributed by atoms with E-state index in [4.69, 9.17) is 10.4 Å². The molecule has 0 aliphatic rings. The minimum absolute atomic E-state index is 0.0136. The molecule has 1 aromatic rings. The average molecular weight is 219 g/mol. The molecule has 0 radical (unpaired) electrons. The van der Waals surface area contributed by atoms with Crippen molar-refractivity contribution in [3.63, 3.8) is 0 Å². The zero-order chi connectivity index (χ0) is 12.1. The molecule has 0 fully saturated rings. The summed E-state index contributed by atoms with van der Waals surface area (Å²) in [4.78, 5) is 21.8. The van der Waals surface area contributed by atoms with Crippen molar-refractivity contribution in [1.82, 2.24) is 0 Å². The van der Waals surface area contributed by atoms with Gasteiger partial charge in [0.2, 0.25) is 0 Å². The molecule has 1 rings (SSSR count). The fourth-order valence-electron chi connectivity index (χ4n) is 1.18. The number of rotatable bonds is 4. The van der Waals surface area contributed by atoms with Gasteiger partial charge >= 0.3 is 5.97 Å². The Morgan fingerprint density at radius 2 is 2.00 bits per heavy atom. The molecule has 82 valence electrons. The third-order valence-electron chi connectivity index (χ3n) is 1.99. The van der Waals surface area contributed by atoms with E-state index >= 15 is 0 Å². The van der Waals surface area contributed by atoms with E-state index in [0.717, 1.165) is 0 Å². The Morgan fingerprint density at radius 1 is 1.31 bits per heavy atom. The smallest absolute Gasteiger partial charge is 0.303 e. The first-order valence-corrected chi connectivity index (χ1v) is 4.52. The molecular formula is C11H9NO4. The fraction of sp³-hybridized carbons (Fsp3) is 0.182. The predicted molar refractivity (Wildman–Crippen MR) is 54.0 cm³/mol. The molecule has 0 spiro atoms. The summed E-state index contributed by atoms with van der Waals surface area (Å²) in [5.41, 5.74) is 0.233. The number of ketones is 1. The van der Waals surface area contributed by atoms with Crippen LogP contribution in [0.15, 0.2) is 18.2 Å². The molecule has 0 bridgehead atoms. The van der Waals surface area contributed by atoms with Crippen LogP contribution in [0.2, 0.25) is 0 Å². The third-order valence-corrected chi connectivity index (χ3v) is 1.99. The van der Waals surface area contributed by atoms with E-state index in [2.05, 4.69) is 0 Å². The quantitative estimate of drug-likeness (QED) is 0.744. The van der Waals surface area contributed by atoms with Gasteiger partial charge in [0.1, 0.15) is 5.75 Å². The molecule has 1 aromatic carbocycles. The number of carboxylic acid groups (broad SMARTS) is 1. The van der Waals surface area contributed by atoms with Crippen molar-refractivity contribution < 1.29 is 19.8 Å². The van der Waals surface area contributed by atoms with Gasteiger partial charge < -0.3 is 10.2 Å². The number of carbonyl (C=O) groups excluding carboxylic acids is 1. The highest BCUT2D eigenvalue weighted by molar-refractivity contribution is 6.00. The number of carboxylic acids is 1. The van der Waals surface area contributed by atoms with Crippen LogP contribution < -0.4 is 0 Å². The number of nitrogens with zero attached hydrogens (tertiary/aromatic N) is 1. The van der Waals surface area contributed by atoms with Crippen LogP contribution >= 0.6 is 0 Å². The molecule has 0 heterocycles. The van der Waals surface area contributed by atoms with Gasteiger partial charge in [0.25, 0.3) is 0 Å². The maximum absolute atomic E-state index is 11.5. The van der Waals surface area contributed by atoms with E-state index in [1.54, 1.807) is 0 Å². The number of Topliss-reactive ketones (excluding diaryl/α,β-unsaturated/α-hetero) is 1. The number of phenols is 1. The second kappa shape index (κ2) is 4.94. The van der Waals surface area contributed by atoms with Gasteiger partial charge in [-0.1, -0.05) is 0 Å². The second-order valence-electron chi connectivity index (χ2n) is 3.16. The lowest BCUT2D eigenvalue weighted by atomic mass is 10.0. The summed E-state index contributed by atoms with van der Waals surface area (Å²) in [6, 6.07) is 5.71. The minimum Gasteiger partial charge on any atom is -0.507 e. The Bertz CT molecular complexity index is 473. The Kier molecular flexibility index (Phi) is 3.62. The van der Waals surface area contributed by atoms with Crippen LogP contribution in [0.4, 0.5) is 0 Å². The maximum Gasteiger partial charge on any atom is 0.303 e. The summed E-state index contributed by atoms with van der Waals surface area (Å²) in [6.07, 6.45) is -0.493. The first-order chi connectivity index (χ1) is 7.54. The SMILES string of the molecule is N#Cc1ccc(O)c(C(=O)CCC(=O)O)c1. The Labute approximate surface area is 91.6 Å². The van der Waals surface area contributed by atoms with Crippen molar-refractivity contribution in [3.8, 4) is 11.8 Å². The largest absolute Gasteiger partial charge is 0.507 e. The first kappa shape index (κ1) is 11.7. The van der Waals surface area contributed by atoms with E-state index in [9.17, 15) is 14.7 Å². The Balaban J connectivity index is 2.90. The van der Waals surface area contributed by atoms with Gasteiger partial charge in [0.05, 0.1) is 23.6 Å². The highest BCUT2D eigenvalue weighted by Gasteiger charge is 2.13. The van der Waals surface area contributed by atoms with Gasteiger partial charge in [-0.15, -0.1) is 0 Å². The summed E-state index contributed by atoms with van der Waals surface area (Å²) in [5.74, 6) is -1.81. The van der Waals surface area contributed by atoms with Gasteiger partial charge in [-0.2, -0.15) is 5.26 Å². The molecule has 0 unspecified atom stereocenters. The lowest BCUT2D eigenvalue weighted by molar-refractivity contribution is -0.136. The zero-order valence-corrected chi connectivity index (χ0v) is 8.30. The van der Waals surface area contributed by atoms with Crippen LogP contribution in [0.3, 0.4) is 0 Å². The van der Waals surface area contributed by atoms with E-state index in [0.29, 0.717) is 0 Å². The monoisotopic (exact) mass is 219 g/mol. The summed E-state index contributed by atoms with van der Waals surface area (Å²) < 4.78 is 0. The van der Waals surface area contributed by atoms with Crippen molar-refractivity contribution in [3.05, 3.63) is 29.3 Å². The van der Waals surface area contributed by atoms with E-state index in [-0.39, 0.29) is 29.7 Å². The summed E-state index contributed by atoms with van der Waals surface area (Å²) >= 11 is 0. The van der Waals surface area contributed by atoms with Crippen molar-refractivity contribution in [2.75, 3.05) is 0 Å². The molecule has 0 saturated carbocycles. The normalized spacial score (nSPS) is 9.44. The van der Waals surface area contributed by atoms with Crippen molar-refractivity contribution in [1.29, 1.82) is 5.26 Å². The number of benzene rings is 1.